The Morgan fingerprint density at radius 1 is 1.59 bits per heavy atom. The molecule has 3 atom stereocenters. The number of amides is 1. The zero-order valence-corrected chi connectivity index (χ0v) is 13.2. The maximum Gasteiger partial charge on any atom is 0.266 e. The van der Waals surface area contributed by atoms with Gasteiger partial charge in [0.25, 0.3) is 11.1 Å². The van der Waals surface area contributed by atoms with Crippen molar-refractivity contribution in [2.75, 3.05) is 13.7 Å². The Morgan fingerprint density at radius 3 is 2.86 bits per heavy atom. The SMILES string of the molecule is C=C[C@@H](O)[C@@H](OC)C(=O)N1C(=S)OC[C@@H]1Cc1ccccc1. The number of methoxy groups -OCH3 is 1. The molecule has 1 aromatic rings. The van der Waals surface area contributed by atoms with Gasteiger partial charge >= 0.3 is 0 Å². The average Bonchev–Trinajstić information content (AvgIpc) is 2.89. The summed E-state index contributed by atoms with van der Waals surface area (Å²) in [5, 5.41) is 9.95. The number of ether oxygens (including phenoxy) is 2. The fraction of sp³-hybridized carbons (Fsp3) is 0.375. The number of thiocarbonyl (C=S) groups is 1. The van der Waals surface area contributed by atoms with Gasteiger partial charge in [-0.1, -0.05) is 36.4 Å². The number of carbonyl (C=O) groups is 1. The highest BCUT2D eigenvalue weighted by Gasteiger charge is 2.40. The Kier molecular flexibility index (Phi) is 5.65. The molecule has 22 heavy (non-hydrogen) atoms. The molecule has 0 aromatic heterocycles. The van der Waals surface area contributed by atoms with Crippen LogP contribution in [0.3, 0.4) is 0 Å². The summed E-state index contributed by atoms with van der Waals surface area (Å²) in [6, 6.07) is 9.57. The van der Waals surface area contributed by atoms with Crippen LogP contribution in [0.4, 0.5) is 0 Å². The highest BCUT2D eigenvalue weighted by molar-refractivity contribution is 7.80. The largest absolute Gasteiger partial charge is 0.468 e. The Labute approximate surface area is 135 Å². The predicted octanol–water partition coefficient (Wildman–Crippen LogP) is 1.30. The minimum Gasteiger partial charge on any atom is -0.468 e. The van der Waals surface area contributed by atoms with Gasteiger partial charge in [-0.3, -0.25) is 9.69 Å². The van der Waals surface area contributed by atoms with Crippen molar-refractivity contribution in [1.29, 1.82) is 0 Å². The lowest BCUT2D eigenvalue weighted by atomic mass is 10.0. The van der Waals surface area contributed by atoms with Crippen molar-refractivity contribution in [3.63, 3.8) is 0 Å². The summed E-state index contributed by atoms with van der Waals surface area (Å²) in [6.07, 6.45) is -0.264. The van der Waals surface area contributed by atoms with E-state index in [0.717, 1.165) is 5.56 Å². The zero-order chi connectivity index (χ0) is 16.1. The van der Waals surface area contributed by atoms with Gasteiger partial charge in [0.1, 0.15) is 12.7 Å². The number of nitrogens with zero attached hydrogens (tertiary/aromatic N) is 1. The summed E-state index contributed by atoms with van der Waals surface area (Å²) in [6.45, 7) is 3.81. The van der Waals surface area contributed by atoms with Crippen molar-refractivity contribution in [3.05, 3.63) is 48.6 Å². The van der Waals surface area contributed by atoms with Crippen molar-refractivity contribution < 1.29 is 19.4 Å². The normalized spacial score (nSPS) is 20.4. The number of carbonyl (C=O) groups excluding carboxylic acids is 1. The van der Waals surface area contributed by atoms with Crippen LogP contribution in [0.25, 0.3) is 0 Å². The third-order valence-electron chi connectivity index (χ3n) is 3.56. The van der Waals surface area contributed by atoms with E-state index in [1.807, 2.05) is 30.3 Å². The lowest BCUT2D eigenvalue weighted by molar-refractivity contribution is -0.143. The number of hydrogen-bond acceptors (Lipinski definition) is 5. The van der Waals surface area contributed by atoms with Gasteiger partial charge in [-0.05, 0) is 24.2 Å². The fourth-order valence-corrected chi connectivity index (χ4v) is 2.72. The van der Waals surface area contributed by atoms with Crippen molar-refractivity contribution in [2.45, 2.75) is 24.7 Å². The van der Waals surface area contributed by atoms with Gasteiger partial charge < -0.3 is 14.6 Å². The summed E-state index contributed by atoms with van der Waals surface area (Å²) in [4.78, 5) is 14.0. The fourth-order valence-electron chi connectivity index (χ4n) is 2.41. The van der Waals surface area contributed by atoms with Gasteiger partial charge in [-0.25, -0.2) is 0 Å². The first kappa shape index (κ1) is 16.6. The molecule has 1 saturated heterocycles. The molecule has 5 nitrogen and oxygen atoms in total. The molecule has 0 unspecified atom stereocenters. The van der Waals surface area contributed by atoms with Gasteiger partial charge in [0, 0.05) is 7.11 Å². The topological polar surface area (TPSA) is 59.0 Å². The molecule has 0 aliphatic carbocycles. The molecule has 0 radical (unpaired) electrons. The van der Waals surface area contributed by atoms with Gasteiger partial charge in [-0.2, -0.15) is 0 Å². The van der Waals surface area contributed by atoms with Crippen LogP contribution in [0.5, 0.6) is 0 Å². The van der Waals surface area contributed by atoms with Crippen molar-refractivity contribution in [2.24, 2.45) is 0 Å². The molecule has 1 aromatic carbocycles. The van der Waals surface area contributed by atoms with Crippen LogP contribution in [0, 0.1) is 0 Å². The van der Waals surface area contributed by atoms with Gasteiger partial charge in [0.05, 0.1) is 6.04 Å². The molecule has 1 aliphatic rings. The predicted molar refractivity (Wildman–Crippen MR) is 86.3 cm³/mol. The summed E-state index contributed by atoms with van der Waals surface area (Å²) in [5.41, 5.74) is 1.08. The minimum absolute atomic E-state index is 0.115. The molecule has 118 valence electrons. The second-order valence-electron chi connectivity index (χ2n) is 5.01. The molecule has 1 fully saturated rings. The lowest BCUT2D eigenvalue weighted by Gasteiger charge is -2.27. The quantitative estimate of drug-likeness (QED) is 0.632. The van der Waals surface area contributed by atoms with E-state index in [9.17, 15) is 9.90 Å². The van der Waals surface area contributed by atoms with Crippen LogP contribution in [0.2, 0.25) is 0 Å². The Balaban J connectivity index is 2.16. The van der Waals surface area contributed by atoms with Gasteiger partial charge in [0.2, 0.25) is 0 Å². The van der Waals surface area contributed by atoms with E-state index >= 15 is 0 Å². The summed E-state index contributed by atoms with van der Waals surface area (Å²) >= 11 is 5.12. The van der Waals surface area contributed by atoms with E-state index in [2.05, 4.69) is 6.58 Å². The lowest BCUT2D eigenvalue weighted by Crippen LogP contribution is -2.49. The van der Waals surface area contributed by atoms with Gasteiger partial charge in [0.15, 0.2) is 6.10 Å². The van der Waals surface area contributed by atoms with E-state index in [0.29, 0.717) is 13.0 Å². The highest BCUT2D eigenvalue weighted by Crippen LogP contribution is 2.20. The molecule has 1 heterocycles. The van der Waals surface area contributed by atoms with Crippen LogP contribution in [-0.4, -0.2) is 53.1 Å². The van der Waals surface area contributed by atoms with E-state index in [4.69, 9.17) is 21.7 Å². The number of aliphatic hydroxyl groups excluding tert-OH is 1. The van der Waals surface area contributed by atoms with Crippen LogP contribution >= 0.6 is 12.2 Å². The van der Waals surface area contributed by atoms with E-state index in [-0.39, 0.29) is 11.2 Å². The summed E-state index contributed by atoms with van der Waals surface area (Å²) < 4.78 is 10.4. The molecule has 6 heteroatoms. The smallest absolute Gasteiger partial charge is 0.266 e. The Hall–Kier alpha value is -1.76. The van der Waals surface area contributed by atoms with Crippen LogP contribution in [0.15, 0.2) is 43.0 Å². The molecule has 1 amide bonds. The van der Waals surface area contributed by atoms with Crippen LogP contribution in [0.1, 0.15) is 5.56 Å². The molecule has 0 bridgehead atoms. The Morgan fingerprint density at radius 2 is 2.27 bits per heavy atom. The second-order valence-corrected chi connectivity index (χ2v) is 5.36. The maximum atomic E-state index is 12.6. The molecule has 1 N–H and O–H groups in total. The van der Waals surface area contributed by atoms with E-state index < -0.39 is 18.1 Å². The number of rotatable bonds is 6. The maximum absolute atomic E-state index is 12.6. The first-order valence-corrected chi connectivity index (χ1v) is 7.36. The highest BCUT2D eigenvalue weighted by atomic mass is 32.1. The molecule has 0 saturated carbocycles. The minimum atomic E-state index is -1.10. The van der Waals surface area contributed by atoms with Crippen molar-refractivity contribution in [1.82, 2.24) is 4.90 Å². The second kappa shape index (κ2) is 7.49. The standard InChI is InChI=1S/C16H19NO4S/c1-3-13(18)14(20-2)15(19)17-12(10-21-16(17)22)9-11-7-5-4-6-8-11/h3-8,12-14,18H,1,9-10H2,2H3/t12-,13+,14+/m0/s1. The summed E-state index contributed by atoms with van der Waals surface area (Å²) in [5.74, 6) is -0.418. The van der Waals surface area contributed by atoms with Crippen molar-refractivity contribution in [3.8, 4) is 0 Å². The van der Waals surface area contributed by atoms with Crippen molar-refractivity contribution >= 4 is 23.3 Å². The number of aliphatic hydroxyl groups is 1. The monoisotopic (exact) mass is 321 g/mol. The molecule has 1 aliphatic heterocycles. The molecule has 2 rings (SSSR count). The summed E-state index contributed by atoms with van der Waals surface area (Å²) in [7, 11) is 1.36. The van der Waals surface area contributed by atoms with E-state index in [1.165, 1.54) is 18.1 Å². The third kappa shape index (κ3) is 3.52. The first-order valence-electron chi connectivity index (χ1n) is 6.95. The molecular weight excluding hydrogens is 302 g/mol. The number of hydrogen-bond donors (Lipinski definition) is 1. The first-order chi connectivity index (χ1) is 10.6. The Bertz CT molecular complexity index is 548. The van der Waals surface area contributed by atoms with Crippen LogP contribution < -0.4 is 0 Å². The van der Waals surface area contributed by atoms with Crippen LogP contribution in [-0.2, 0) is 20.7 Å². The molecule has 0 spiro atoms. The zero-order valence-electron chi connectivity index (χ0n) is 12.3. The van der Waals surface area contributed by atoms with E-state index in [1.54, 1.807) is 0 Å². The third-order valence-corrected chi connectivity index (χ3v) is 3.88. The van der Waals surface area contributed by atoms with Gasteiger partial charge in [-0.15, -0.1) is 6.58 Å². The number of benzene rings is 1. The molecular formula is C16H19NO4S. The average molecular weight is 321 g/mol.